The third-order valence-electron chi connectivity index (χ3n) is 2.64. The van der Waals surface area contributed by atoms with Crippen molar-refractivity contribution in [3.05, 3.63) is 44.0 Å². The fourth-order valence-corrected chi connectivity index (χ4v) is 3.29. The standard InChI is InChI=1S/C12H11N5O5S2/c1-2-3-23-12-15-14-11(24-12)13-10(18)7-4-8(16(19)20)6-9(5-7)17(21)22/h4-6H,2-3H2,1H3,(H,13,14,18). The summed E-state index contributed by atoms with van der Waals surface area (Å²) in [6.07, 6.45) is 0.962. The Balaban J connectivity index is 2.21. The molecule has 2 aromatic rings. The summed E-state index contributed by atoms with van der Waals surface area (Å²) in [6, 6.07) is 2.73. The zero-order valence-corrected chi connectivity index (χ0v) is 13.9. The molecule has 0 fully saturated rings. The van der Waals surface area contributed by atoms with Gasteiger partial charge in [-0.2, -0.15) is 0 Å². The highest BCUT2D eigenvalue weighted by Crippen LogP contribution is 2.27. The highest BCUT2D eigenvalue weighted by molar-refractivity contribution is 8.01. The molecule has 1 aromatic carbocycles. The number of hydrogen-bond acceptors (Lipinski definition) is 9. The number of nitrogens with one attached hydrogen (secondary N) is 1. The summed E-state index contributed by atoms with van der Waals surface area (Å²) in [5.41, 5.74) is -1.27. The van der Waals surface area contributed by atoms with Crippen molar-refractivity contribution in [2.75, 3.05) is 11.1 Å². The highest BCUT2D eigenvalue weighted by Gasteiger charge is 2.20. The number of non-ortho nitro benzene ring substituents is 2. The Bertz CT molecular complexity index is 762. The summed E-state index contributed by atoms with van der Waals surface area (Å²) in [7, 11) is 0. The van der Waals surface area contributed by atoms with Crippen LogP contribution in [0.4, 0.5) is 16.5 Å². The molecule has 2 rings (SSSR count). The summed E-state index contributed by atoms with van der Waals surface area (Å²) < 4.78 is 0.678. The van der Waals surface area contributed by atoms with Gasteiger partial charge < -0.3 is 0 Å². The van der Waals surface area contributed by atoms with E-state index < -0.39 is 27.1 Å². The van der Waals surface area contributed by atoms with E-state index >= 15 is 0 Å². The molecule has 12 heteroatoms. The minimum Gasteiger partial charge on any atom is -0.296 e. The first-order valence-corrected chi connectivity index (χ1v) is 8.42. The van der Waals surface area contributed by atoms with E-state index in [0.717, 1.165) is 41.7 Å². The maximum absolute atomic E-state index is 12.2. The smallest absolute Gasteiger partial charge is 0.277 e. The molecule has 1 amide bonds. The number of nitro benzene ring substituents is 2. The Morgan fingerprint density at radius 3 is 2.38 bits per heavy atom. The van der Waals surface area contributed by atoms with Gasteiger partial charge in [0.15, 0.2) is 4.34 Å². The molecule has 0 saturated carbocycles. The van der Waals surface area contributed by atoms with E-state index in [1.165, 1.54) is 11.8 Å². The third-order valence-corrected chi connectivity index (χ3v) is 4.82. The van der Waals surface area contributed by atoms with E-state index in [9.17, 15) is 25.0 Å². The molecule has 0 radical (unpaired) electrons. The molecule has 0 aliphatic heterocycles. The topological polar surface area (TPSA) is 141 Å². The first-order chi connectivity index (χ1) is 11.4. The lowest BCUT2D eigenvalue weighted by Crippen LogP contribution is -2.12. The molecule has 0 aliphatic carbocycles. The lowest BCUT2D eigenvalue weighted by Gasteiger charge is -2.01. The molecule has 1 aromatic heterocycles. The van der Waals surface area contributed by atoms with Crippen molar-refractivity contribution in [2.24, 2.45) is 0 Å². The van der Waals surface area contributed by atoms with Crippen molar-refractivity contribution in [3.8, 4) is 0 Å². The Labute approximate surface area is 143 Å². The van der Waals surface area contributed by atoms with E-state index in [2.05, 4.69) is 15.5 Å². The van der Waals surface area contributed by atoms with Gasteiger partial charge in [-0.3, -0.25) is 30.3 Å². The lowest BCUT2D eigenvalue weighted by atomic mass is 10.1. The monoisotopic (exact) mass is 369 g/mol. The summed E-state index contributed by atoms with van der Waals surface area (Å²) >= 11 is 2.65. The molecule has 126 valence electrons. The highest BCUT2D eigenvalue weighted by atomic mass is 32.2. The van der Waals surface area contributed by atoms with Gasteiger partial charge in [0.2, 0.25) is 5.13 Å². The molecule has 0 saturated heterocycles. The molecule has 0 bridgehead atoms. The zero-order valence-electron chi connectivity index (χ0n) is 12.3. The summed E-state index contributed by atoms with van der Waals surface area (Å²) in [4.78, 5) is 32.2. The number of thioether (sulfide) groups is 1. The Hall–Kier alpha value is -2.60. The number of nitrogens with zero attached hydrogens (tertiary/aromatic N) is 4. The van der Waals surface area contributed by atoms with Gasteiger partial charge in [-0.25, -0.2) is 0 Å². The average molecular weight is 369 g/mol. The molecule has 24 heavy (non-hydrogen) atoms. The van der Waals surface area contributed by atoms with Gasteiger partial charge in [0.1, 0.15) is 0 Å². The number of hydrogen-bond donors (Lipinski definition) is 1. The molecule has 1 N–H and O–H groups in total. The number of benzene rings is 1. The van der Waals surface area contributed by atoms with Crippen molar-refractivity contribution in [3.63, 3.8) is 0 Å². The van der Waals surface area contributed by atoms with Gasteiger partial charge in [0, 0.05) is 17.9 Å². The molecule has 0 aliphatic rings. The number of nitro groups is 2. The van der Waals surface area contributed by atoms with Crippen LogP contribution in [0.3, 0.4) is 0 Å². The van der Waals surface area contributed by atoms with E-state index in [-0.39, 0.29) is 10.7 Å². The normalized spacial score (nSPS) is 10.4. The quantitative estimate of drug-likeness (QED) is 0.339. The van der Waals surface area contributed by atoms with E-state index in [4.69, 9.17) is 0 Å². The van der Waals surface area contributed by atoms with Gasteiger partial charge in [0.05, 0.1) is 21.5 Å². The molecule has 0 atom stereocenters. The number of aromatic nitrogens is 2. The van der Waals surface area contributed by atoms with Crippen LogP contribution in [0.25, 0.3) is 0 Å². The van der Waals surface area contributed by atoms with Gasteiger partial charge in [0.25, 0.3) is 17.3 Å². The fourth-order valence-electron chi connectivity index (χ4n) is 1.61. The van der Waals surface area contributed by atoms with Crippen LogP contribution in [0, 0.1) is 20.2 Å². The van der Waals surface area contributed by atoms with Crippen molar-refractivity contribution < 1.29 is 14.6 Å². The largest absolute Gasteiger partial charge is 0.296 e. The Kier molecular flexibility index (Phi) is 5.76. The van der Waals surface area contributed by atoms with Gasteiger partial charge in [-0.15, -0.1) is 10.2 Å². The predicted octanol–water partition coefficient (Wildman–Crippen LogP) is 3.11. The van der Waals surface area contributed by atoms with Crippen LogP contribution < -0.4 is 5.32 Å². The predicted molar refractivity (Wildman–Crippen MR) is 88.6 cm³/mol. The number of anilines is 1. The first kappa shape index (κ1) is 17.7. The first-order valence-electron chi connectivity index (χ1n) is 6.62. The van der Waals surface area contributed by atoms with Crippen LogP contribution in [0.1, 0.15) is 23.7 Å². The SMILES string of the molecule is CCCSc1nnc(NC(=O)c2cc([N+](=O)[O-])cc([N+](=O)[O-])c2)s1. The summed E-state index contributed by atoms with van der Waals surface area (Å²) in [6.45, 7) is 2.02. The molecule has 0 spiro atoms. The van der Waals surface area contributed by atoms with Crippen molar-refractivity contribution in [1.29, 1.82) is 0 Å². The van der Waals surface area contributed by atoms with Crippen LogP contribution in [0.15, 0.2) is 22.5 Å². The second-order valence-corrected chi connectivity index (χ2v) is 6.75. The molecular formula is C12H11N5O5S2. The molecule has 0 unspecified atom stereocenters. The Morgan fingerprint density at radius 1 is 1.21 bits per heavy atom. The maximum Gasteiger partial charge on any atom is 0.277 e. The van der Waals surface area contributed by atoms with Crippen molar-refractivity contribution in [2.45, 2.75) is 17.7 Å². The van der Waals surface area contributed by atoms with E-state index in [1.54, 1.807) is 0 Å². The van der Waals surface area contributed by atoms with Crippen LogP contribution in [0.2, 0.25) is 0 Å². The zero-order chi connectivity index (χ0) is 17.7. The minimum atomic E-state index is -0.797. The van der Waals surface area contributed by atoms with Crippen LogP contribution in [0.5, 0.6) is 0 Å². The summed E-state index contributed by atoms with van der Waals surface area (Å²) in [5, 5.41) is 32.0. The van der Waals surface area contributed by atoms with Gasteiger partial charge in [-0.1, -0.05) is 30.0 Å². The van der Waals surface area contributed by atoms with Crippen LogP contribution >= 0.6 is 23.1 Å². The van der Waals surface area contributed by atoms with Crippen molar-refractivity contribution in [1.82, 2.24) is 10.2 Å². The number of carbonyl (C=O) groups is 1. The number of rotatable bonds is 7. The Morgan fingerprint density at radius 2 is 1.83 bits per heavy atom. The van der Waals surface area contributed by atoms with Gasteiger partial charge in [-0.05, 0) is 6.42 Å². The lowest BCUT2D eigenvalue weighted by molar-refractivity contribution is -0.394. The number of carbonyl (C=O) groups excluding carboxylic acids is 1. The van der Waals surface area contributed by atoms with E-state index in [1.807, 2.05) is 6.92 Å². The summed E-state index contributed by atoms with van der Waals surface area (Å²) in [5.74, 6) is 0.129. The minimum absolute atomic E-state index is 0.200. The van der Waals surface area contributed by atoms with Crippen LogP contribution in [-0.2, 0) is 0 Å². The molecular weight excluding hydrogens is 358 g/mol. The van der Waals surface area contributed by atoms with Crippen molar-refractivity contribution >= 4 is 45.5 Å². The number of amides is 1. The average Bonchev–Trinajstić information content (AvgIpc) is 2.99. The van der Waals surface area contributed by atoms with Gasteiger partial charge >= 0.3 is 0 Å². The fraction of sp³-hybridized carbons (Fsp3) is 0.250. The van der Waals surface area contributed by atoms with E-state index in [0.29, 0.717) is 4.34 Å². The van der Waals surface area contributed by atoms with Crippen LogP contribution in [-0.4, -0.2) is 31.7 Å². The molecule has 1 heterocycles. The molecule has 10 nitrogen and oxygen atoms in total. The second kappa shape index (κ2) is 7.79. The maximum atomic E-state index is 12.2. The second-order valence-electron chi connectivity index (χ2n) is 4.43. The third kappa shape index (κ3) is 4.45.